The quantitative estimate of drug-likeness (QED) is 0.631. The van der Waals surface area contributed by atoms with Crippen LogP contribution in [0.5, 0.6) is 0 Å². The van der Waals surface area contributed by atoms with Crippen molar-refractivity contribution in [2.45, 2.75) is 39.7 Å². The van der Waals surface area contributed by atoms with E-state index in [1.807, 2.05) is 13.8 Å². The van der Waals surface area contributed by atoms with Gasteiger partial charge in [-0.1, -0.05) is 13.3 Å². The normalized spacial score (nSPS) is 12.2. The van der Waals surface area contributed by atoms with Crippen molar-refractivity contribution < 1.29 is 9.31 Å². The Labute approximate surface area is 100.0 Å². The van der Waals surface area contributed by atoms with Crippen LogP contribution in [0.2, 0.25) is 0 Å². The van der Waals surface area contributed by atoms with Crippen LogP contribution in [0.3, 0.4) is 0 Å². The third-order valence-corrected chi connectivity index (χ3v) is 2.60. The average Bonchev–Trinajstić information content (AvgIpc) is 2.23. The molecular weight excluding hydrogens is 223 g/mol. The first kappa shape index (κ1) is 13.4. The van der Waals surface area contributed by atoms with Crippen LogP contribution < -0.4 is 5.32 Å². The third kappa shape index (κ3) is 3.41. The standard InChI is InChI=1S/C12H17FN2O2/c1-4-5-9(3)14-11-6-8(2)10(13)7-12(11)15(16)17/h6-7,9,14H,4-5H2,1-3H3. The summed E-state index contributed by atoms with van der Waals surface area (Å²) in [7, 11) is 0. The molecule has 0 aliphatic heterocycles. The molecule has 1 atom stereocenters. The van der Waals surface area contributed by atoms with Gasteiger partial charge in [0.05, 0.1) is 11.0 Å². The van der Waals surface area contributed by atoms with E-state index < -0.39 is 10.7 Å². The lowest BCUT2D eigenvalue weighted by Gasteiger charge is -2.15. The molecule has 0 saturated carbocycles. The van der Waals surface area contributed by atoms with Crippen molar-refractivity contribution >= 4 is 11.4 Å². The molecule has 0 aromatic heterocycles. The zero-order chi connectivity index (χ0) is 13.0. The number of hydrogen-bond acceptors (Lipinski definition) is 3. The highest BCUT2D eigenvalue weighted by Crippen LogP contribution is 2.28. The van der Waals surface area contributed by atoms with Gasteiger partial charge in [0.1, 0.15) is 11.5 Å². The van der Waals surface area contributed by atoms with E-state index >= 15 is 0 Å². The highest BCUT2D eigenvalue weighted by molar-refractivity contribution is 5.63. The van der Waals surface area contributed by atoms with E-state index in [9.17, 15) is 14.5 Å². The van der Waals surface area contributed by atoms with Gasteiger partial charge in [0, 0.05) is 6.04 Å². The molecule has 1 aromatic rings. The van der Waals surface area contributed by atoms with Crippen molar-refractivity contribution in [2.24, 2.45) is 0 Å². The van der Waals surface area contributed by atoms with Gasteiger partial charge in [-0.3, -0.25) is 10.1 Å². The van der Waals surface area contributed by atoms with Gasteiger partial charge in [0.25, 0.3) is 5.69 Å². The maximum Gasteiger partial charge on any atom is 0.295 e. The number of benzene rings is 1. The van der Waals surface area contributed by atoms with Gasteiger partial charge >= 0.3 is 0 Å². The predicted molar refractivity (Wildman–Crippen MR) is 65.8 cm³/mol. The van der Waals surface area contributed by atoms with E-state index in [1.54, 1.807) is 6.92 Å². The minimum atomic E-state index is -0.566. The lowest BCUT2D eigenvalue weighted by molar-refractivity contribution is -0.384. The van der Waals surface area contributed by atoms with E-state index in [-0.39, 0.29) is 11.7 Å². The zero-order valence-corrected chi connectivity index (χ0v) is 10.3. The maximum absolute atomic E-state index is 13.3. The first-order valence-electron chi connectivity index (χ1n) is 5.66. The van der Waals surface area contributed by atoms with Crippen LogP contribution in [0.4, 0.5) is 15.8 Å². The number of rotatable bonds is 5. The highest BCUT2D eigenvalue weighted by atomic mass is 19.1. The molecule has 0 fully saturated rings. The average molecular weight is 240 g/mol. The Balaban J connectivity index is 3.04. The molecule has 0 radical (unpaired) electrons. The molecule has 0 saturated heterocycles. The number of aryl methyl sites for hydroxylation is 1. The Hall–Kier alpha value is -1.65. The van der Waals surface area contributed by atoms with Crippen LogP contribution in [-0.2, 0) is 0 Å². The van der Waals surface area contributed by atoms with Crippen LogP contribution in [0, 0.1) is 22.9 Å². The molecule has 0 spiro atoms. The molecule has 0 aliphatic carbocycles. The maximum atomic E-state index is 13.3. The fourth-order valence-electron chi connectivity index (χ4n) is 1.71. The smallest absolute Gasteiger partial charge is 0.295 e. The van der Waals surface area contributed by atoms with Crippen LogP contribution in [0.1, 0.15) is 32.3 Å². The summed E-state index contributed by atoms with van der Waals surface area (Å²) in [4.78, 5) is 10.3. The van der Waals surface area contributed by atoms with Gasteiger partial charge in [-0.25, -0.2) is 4.39 Å². The fourth-order valence-corrected chi connectivity index (χ4v) is 1.71. The summed E-state index contributed by atoms with van der Waals surface area (Å²) in [5, 5.41) is 13.9. The Morgan fingerprint density at radius 2 is 2.18 bits per heavy atom. The number of nitro benzene ring substituents is 1. The summed E-state index contributed by atoms with van der Waals surface area (Å²) in [5.74, 6) is -0.551. The second-order valence-corrected chi connectivity index (χ2v) is 4.21. The summed E-state index contributed by atoms with van der Waals surface area (Å²) >= 11 is 0. The van der Waals surface area contributed by atoms with Gasteiger partial charge in [-0.2, -0.15) is 0 Å². The van der Waals surface area contributed by atoms with Gasteiger partial charge < -0.3 is 5.32 Å². The van der Waals surface area contributed by atoms with Crippen LogP contribution in [0.25, 0.3) is 0 Å². The zero-order valence-electron chi connectivity index (χ0n) is 10.3. The van der Waals surface area contributed by atoms with Crippen molar-refractivity contribution in [1.29, 1.82) is 0 Å². The topological polar surface area (TPSA) is 55.2 Å². The summed E-state index contributed by atoms with van der Waals surface area (Å²) < 4.78 is 13.3. The second-order valence-electron chi connectivity index (χ2n) is 4.21. The van der Waals surface area contributed by atoms with Crippen molar-refractivity contribution in [1.82, 2.24) is 0 Å². The molecule has 1 unspecified atom stereocenters. The molecule has 17 heavy (non-hydrogen) atoms. The largest absolute Gasteiger partial charge is 0.377 e. The predicted octanol–water partition coefficient (Wildman–Crippen LogP) is 3.64. The van der Waals surface area contributed by atoms with Gasteiger partial charge in [0.2, 0.25) is 0 Å². The Morgan fingerprint density at radius 1 is 1.53 bits per heavy atom. The number of nitrogens with one attached hydrogen (secondary N) is 1. The minimum absolute atomic E-state index is 0.128. The SMILES string of the molecule is CCCC(C)Nc1cc(C)c(F)cc1[N+](=O)[O-]. The molecule has 0 amide bonds. The summed E-state index contributed by atoms with van der Waals surface area (Å²) in [6.07, 6.45) is 1.90. The third-order valence-electron chi connectivity index (χ3n) is 2.60. The monoisotopic (exact) mass is 240 g/mol. The Bertz CT molecular complexity index is 421. The van der Waals surface area contributed by atoms with E-state index in [0.717, 1.165) is 18.9 Å². The lowest BCUT2D eigenvalue weighted by Crippen LogP contribution is -2.15. The van der Waals surface area contributed by atoms with E-state index in [1.165, 1.54) is 6.07 Å². The number of nitro groups is 1. The Kier molecular flexibility index (Phi) is 4.43. The molecule has 1 N–H and O–H groups in total. The number of nitrogens with zero attached hydrogens (tertiary/aromatic N) is 1. The lowest BCUT2D eigenvalue weighted by atomic mass is 10.1. The number of hydrogen-bond donors (Lipinski definition) is 1. The number of halogens is 1. The van der Waals surface area contributed by atoms with Crippen LogP contribution in [0.15, 0.2) is 12.1 Å². The summed E-state index contributed by atoms with van der Waals surface area (Å²) in [5.41, 5.74) is 0.577. The van der Waals surface area contributed by atoms with Crippen molar-refractivity contribution in [2.75, 3.05) is 5.32 Å². The first-order chi connectivity index (χ1) is 7.95. The Morgan fingerprint density at radius 3 is 2.71 bits per heavy atom. The molecule has 5 heteroatoms. The molecule has 4 nitrogen and oxygen atoms in total. The molecule has 0 heterocycles. The van der Waals surface area contributed by atoms with Gasteiger partial charge in [-0.05, 0) is 31.9 Å². The minimum Gasteiger partial charge on any atom is -0.377 e. The second kappa shape index (κ2) is 5.61. The van der Waals surface area contributed by atoms with Crippen molar-refractivity contribution in [3.05, 3.63) is 33.6 Å². The first-order valence-corrected chi connectivity index (χ1v) is 5.66. The fraction of sp³-hybridized carbons (Fsp3) is 0.500. The number of anilines is 1. The molecule has 1 aromatic carbocycles. The molecule has 94 valence electrons. The van der Waals surface area contributed by atoms with Crippen LogP contribution >= 0.6 is 0 Å². The van der Waals surface area contributed by atoms with Gasteiger partial charge in [-0.15, -0.1) is 0 Å². The van der Waals surface area contributed by atoms with Crippen molar-refractivity contribution in [3.8, 4) is 0 Å². The van der Waals surface area contributed by atoms with Gasteiger partial charge in [0.15, 0.2) is 0 Å². The molecule has 0 bridgehead atoms. The molecule has 0 aliphatic rings. The molecular formula is C12H17FN2O2. The summed E-state index contributed by atoms with van der Waals surface area (Å²) in [6.45, 7) is 5.59. The molecule has 1 rings (SSSR count). The van der Waals surface area contributed by atoms with E-state index in [4.69, 9.17) is 0 Å². The summed E-state index contributed by atoms with van der Waals surface area (Å²) in [6, 6.07) is 2.58. The highest BCUT2D eigenvalue weighted by Gasteiger charge is 2.18. The van der Waals surface area contributed by atoms with Crippen molar-refractivity contribution in [3.63, 3.8) is 0 Å². The van der Waals surface area contributed by atoms with Crippen LogP contribution in [-0.4, -0.2) is 11.0 Å². The van der Waals surface area contributed by atoms with E-state index in [2.05, 4.69) is 5.32 Å². The van der Waals surface area contributed by atoms with E-state index in [0.29, 0.717) is 11.3 Å².